The summed E-state index contributed by atoms with van der Waals surface area (Å²) in [4.78, 5) is 3.19. The first kappa shape index (κ1) is 36.8. The maximum atomic E-state index is 9.76. The SMILES string of the molecule is C=CC[C@@H](CO[C@@H]1O[C@H](COCc2ccccc2)[C@@H](OCc2ccccc2)[C@H](OCc2ccccc2)[C@@H]1N=[N+]=[N-])OCc1ccc(OC)cc1. The lowest BCUT2D eigenvalue weighted by Crippen LogP contribution is -2.60. The van der Waals surface area contributed by atoms with Gasteiger partial charge in [-0.3, -0.25) is 0 Å². The summed E-state index contributed by atoms with van der Waals surface area (Å²) in [7, 11) is 1.63. The summed E-state index contributed by atoms with van der Waals surface area (Å²) in [6, 6.07) is 36.4. The van der Waals surface area contributed by atoms with Crippen molar-refractivity contribution in [1.29, 1.82) is 0 Å². The highest BCUT2D eigenvalue weighted by Crippen LogP contribution is 2.31. The molecule has 0 aliphatic carbocycles. The minimum atomic E-state index is -0.967. The van der Waals surface area contributed by atoms with Gasteiger partial charge in [-0.15, -0.1) is 6.58 Å². The van der Waals surface area contributed by atoms with Crippen molar-refractivity contribution in [3.8, 4) is 5.75 Å². The summed E-state index contributed by atoms with van der Waals surface area (Å²) in [6.07, 6.45) is -0.976. The quantitative estimate of drug-likeness (QED) is 0.0403. The van der Waals surface area contributed by atoms with Crippen LogP contribution >= 0.6 is 0 Å². The maximum Gasteiger partial charge on any atom is 0.169 e. The number of benzene rings is 4. The van der Waals surface area contributed by atoms with E-state index in [2.05, 4.69) is 16.6 Å². The molecule has 1 heterocycles. The van der Waals surface area contributed by atoms with E-state index < -0.39 is 30.6 Å². The van der Waals surface area contributed by atoms with Gasteiger partial charge in [0.25, 0.3) is 0 Å². The highest BCUT2D eigenvalue weighted by molar-refractivity contribution is 5.26. The first-order valence-electron chi connectivity index (χ1n) is 16.8. The summed E-state index contributed by atoms with van der Waals surface area (Å²) in [5, 5.41) is 4.17. The van der Waals surface area contributed by atoms with Crippen molar-refractivity contribution in [3.05, 3.63) is 161 Å². The first-order chi connectivity index (χ1) is 24.7. The molecule has 0 spiro atoms. The zero-order chi connectivity index (χ0) is 34.8. The van der Waals surface area contributed by atoms with Crippen molar-refractivity contribution in [2.24, 2.45) is 5.11 Å². The molecule has 1 aliphatic rings. The molecular formula is C40H45N3O7. The highest BCUT2D eigenvalue weighted by atomic mass is 16.7. The largest absolute Gasteiger partial charge is 0.497 e. The number of hydrogen-bond acceptors (Lipinski definition) is 8. The topological polar surface area (TPSA) is 113 Å². The summed E-state index contributed by atoms with van der Waals surface area (Å²) >= 11 is 0. The monoisotopic (exact) mass is 679 g/mol. The Morgan fingerprint density at radius 1 is 0.740 bits per heavy atom. The van der Waals surface area contributed by atoms with Crippen molar-refractivity contribution < 1.29 is 33.2 Å². The molecule has 6 atom stereocenters. The number of hydrogen-bond donors (Lipinski definition) is 0. The molecule has 50 heavy (non-hydrogen) atoms. The molecule has 262 valence electrons. The van der Waals surface area contributed by atoms with E-state index in [1.807, 2.05) is 115 Å². The Labute approximate surface area is 294 Å². The minimum absolute atomic E-state index is 0.156. The van der Waals surface area contributed by atoms with Gasteiger partial charge in [0.05, 0.1) is 52.9 Å². The fraction of sp³-hybridized carbons (Fsp3) is 0.350. The van der Waals surface area contributed by atoms with Crippen molar-refractivity contribution in [3.63, 3.8) is 0 Å². The third-order valence-corrected chi connectivity index (χ3v) is 8.28. The van der Waals surface area contributed by atoms with Gasteiger partial charge < -0.3 is 33.2 Å². The summed E-state index contributed by atoms with van der Waals surface area (Å²) < 4.78 is 43.8. The molecule has 4 aromatic rings. The van der Waals surface area contributed by atoms with Crippen LogP contribution < -0.4 is 4.74 Å². The standard InChI is InChI=1S/C40H45N3O7/c1-3-13-35(46-25-33-20-22-34(44-2)23-21-33)28-49-40-37(42-43-41)39(48-27-32-18-11-6-12-19-32)38(47-26-31-16-9-5-10-17-31)36(50-40)29-45-24-30-14-7-4-8-15-30/h3-12,14-23,35-40H,1,13,24-29H2,2H3/t35-,36+,37-,38+,39+,40+/m0/s1. The Morgan fingerprint density at radius 2 is 1.30 bits per heavy atom. The van der Waals surface area contributed by atoms with Crippen LogP contribution in [-0.2, 0) is 54.8 Å². The Hall–Kier alpha value is -4.51. The molecule has 10 heteroatoms. The molecule has 1 fully saturated rings. The first-order valence-corrected chi connectivity index (χ1v) is 16.8. The van der Waals surface area contributed by atoms with Crippen LogP contribution in [0.15, 0.2) is 133 Å². The van der Waals surface area contributed by atoms with E-state index >= 15 is 0 Å². The van der Waals surface area contributed by atoms with Crippen LogP contribution in [0, 0.1) is 0 Å². The van der Waals surface area contributed by atoms with Crippen LogP contribution in [-0.4, -0.2) is 57.1 Å². The molecule has 1 aliphatic heterocycles. The average molecular weight is 680 g/mol. The number of azide groups is 1. The van der Waals surface area contributed by atoms with Gasteiger partial charge in [-0.25, -0.2) is 0 Å². The normalized spacial score (nSPS) is 20.8. The summed E-state index contributed by atoms with van der Waals surface area (Å²) in [5.74, 6) is 0.774. The Kier molecular flexibility index (Phi) is 14.9. The van der Waals surface area contributed by atoms with Crippen molar-refractivity contribution >= 4 is 0 Å². The van der Waals surface area contributed by atoms with E-state index in [1.54, 1.807) is 13.2 Å². The van der Waals surface area contributed by atoms with E-state index in [-0.39, 0.29) is 25.9 Å². The Morgan fingerprint density at radius 3 is 1.86 bits per heavy atom. The predicted molar refractivity (Wildman–Crippen MR) is 190 cm³/mol. The van der Waals surface area contributed by atoms with Gasteiger partial charge in [0.15, 0.2) is 6.29 Å². The third-order valence-electron chi connectivity index (χ3n) is 8.28. The van der Waals surface area contributed by atoms with Crippen LogP contribution in [0.1, 0.15) is 28.7 Å². The van der Waals surface area contributed by atoms with Gasteiger partial charge >= 0.3 is 0 Å². The summed E-state index contributed by atoms with van der Waals surface area (Å²) in [6.45, 7) is 5.56. The van der Waals surface area contributed by atoms with E-state index in [9.17, 15) is 5.53 Å². The fourth-order valence-electron chi connectivity index (χ4n) is 5.65. The van der Waals surface area contributed by atoms with Crippen molar-refractivity contribution in [2.45, 2.75) is 69.6 Å². The van der Waals surface area contributed by atoms with Gasteiger partial charge in [-0.2, -0.15) is 0 Å². The lowest BCUT2D eigenvalue weighted by molar-refractivity contribution is -0.290. The van der Waals surface area contributed by atoms with Gasteiger partial charge in [-0.05, 0) is 46.3 Å². The number of ether oxygens (including phenoxy) is 7. The van der Waals surface area contributed by atoms with E-state index in [0.29, 0.717) is 26.2 Å². The third kappa shape index (κ3) is 11.3. The lowest BCUT2D eigenvalue weighted by atomic mass is 9.96. The molecule has 0 saturated carbocycles. The van der Waals surface area contributed by atoms with Crippen molar-refractivity contribution in [1.82, 2.24) is 0 Å². The Bertz CT molecular complexity index is 1590. The maximum absolute atomic E-state index is 9.76. The number of rotatable bonds is 20. The van der Waals surface area contributed by atoms with Gasteiger partial charge in [0, 0.05) is 4.91 Å². The molecule has 1 saturated heterocycles. The van der Waals surface area contributed by atoms with Crippen LogP contribution in [0.25, 0.3) is 10.4 Å². The Balaban J connectivity index is 1.36. The fourth-order valence-corrected chi connectivity index (χ4v) is 5.65. The predicted octanol–water partition coefficient (Wildman–Crippen LogP) is 7.96. The molecule has 4 aromatic carbocycles. The number of nitrogens with zero attached hydrogens (tertiary/aromatic N) is 3. The van der Waals surface area contributed by atoms with Crippen LogP contribution in [0.4, 0.5) is 0 Å². The average Bonchev–Trinajstić information content (AvgIpc) is 3.17. The van der Waals surface area contributed by atoms with Crippen LogP contribution in [0.3, 0.4) is 0 Å². The van der Waals surface area contributed by atoms with Gasteiger partial charge in [-0.1, -0.05) is 114 Å². The van der Waals surface area contributed by atoms with E-state index in [4.69, 9.17) is 33.2 Å². The molecule has 10 nitrogen and oxygen atoms in total. The lowest BCUT2D eigenvalue weighted by Gasteiger charge is -2.44. The molecule has 0 radical (unpaired) electrons. The number of methoxy groups -OCH3 is 1. The van der Waals surface area contributed by atoms with Crippen LogP contribution in [0.2, 0.25) is 0 Å². The summed E-state index contributed by atoms with van der Waals surface area (Å²) in [5.41, 5.74) is 13.7. The molecule has 0 N–H and O–H groups in total. The zero-order valence-electron chi connectivity index (χ0n) is 28.4. The second-order valence-corrected chi connectivity index (χ2v) is 11.9. The van der Waals surface area contributed by atoms with E-state index in [1.165, 1.54) is 0 Å². The molecule has 5 rings (SSSR count). The van der Waals surface area contributed by atoms with Gasteiger partial charge in [0.1, 0.15) is 30.1 Å². The molecule has 0 unspecified atom stereocenters. The van der Waals surface area contributed by atoms with Crippen LogP contribution in [0.5, 0.6) is 5.75 Å². The second-order valence-electron chi connectivity index (χ2n) is 11.9. The smallest absolute Gasteiger partial charge is 0.169 e. The molecule has 0 bridgehead atoms. The highest BCUT2D eigenvalue weighted by Gasteiger charge is 2.48. The molecule has 0 aromatic heterocycles. The molecule has 0 amide bonds. The van der Waals surface area contributed by atoms with Crippen molar-refractivity contribution in [2.75, 3.05) is 20.3 Å². The van der Waals surface area contributed by atoms with Gasteiger partial charge in [0.2, 0.25) is 0 Å². The zero-order valence-corrected chi connectivity index (χ0v) is 28.4. The molecular weight excluding hydrogens is 634 g/mol. The second kappa shape index (κ2) is 20.2. The van der Waals surface area contributed by atoms with E-state index in [0.717, 1.165) is 28.0 Å². The minimum Gasteiger partial charge on any atom is -0.497 e.